The summed E-state index contributed by atoms with van der Waals surface area (Å²) in [5.41, 5.74) is -4.29. The largest absolute Gasteiger partial charge is 0.430 e. The zero-order valence-electron chi connectivity index (χ0n) is 13.5. The van der Waals surface area contributed by atoms with Crippen molar-refractivity contribution in [3.63, 3.8) is 0 Å². The second kappa shape index (κ2) is 6.69. The number of alkyl halides is 6. The van der Waals surface area contributed by atoms with Crippen molar-refractivity contribution in [2.24, 2.45) is 0 Å². The molecule has 1 N–H and O–H groups in total. The van der Waals surface area contributed by atoms with Crippen molar-refractivity contribution in [2.45, 2.75) is 18.0 Å². The first-order valence-electron chi connectivity index (χ1n) is 7.65. The maximum Gasteiger partial charge on any atom is 0.430 e. The number of thiophene rings is 1. The molecule has 0 atom stereocenters. The van der Waals surface area contributed by atoms with E-state index in [9.17, 15) is 31.4 Å². The van der Waals surface area contributed by atoms with E-state index < -0.39 is 23.5 Å². The van der Waals surface area contributed by atoms with Crippen LogP contribution in [0.1, 0.15) is 5.56 Å². The Bertz CT molecular complexity index is 897. The number of hydrogen-bond acceptors (Lipinski definition) is 2. The molecule has 2 aromatic carbocycles. The molecular weight excluding hydrogens is 390 g/mol. The molecule has 142 valence electrons. The molecular formula is C19H12F6OS. The van der Waals surface area contributed by atoms with E-state index in [4.69, 9.17) is 0 Å². The molecule has 3 rings (SSSR count). The minimum atomic E-state index is -5.90. The third kappa shape index (κ3) is 3.35. The molecule has 0 unspecified atom stereocenters. The average Bonchev–Trinajstić information content (AvgIpc) is 3.14. The Morgan fingerprint density at radius 2 is 1.22 bits per heavy atom. The van der Waals surface area contributed by atoms with Crippen LogP contribution in [0.4, 0.5) is 26.3 Å². The van der Waals surface area contributed by atoms with Gasteiger partial charge in [0.15, 0.2) is 0 Å². The lowest BCUT2D eigenvalue weighted by Gasteiger charge is -2.32. The summed E-state index contributed by atoms with van der Waals surface area (Å²) < 4.78 is 77.9. The highest BCUT2D eigenvalue weighted by atomic mass is 32.1. The van der Waals surface area contributed by atoms with Gasteiger partial charge in [-0.1, -0.05) is 54.6 Å². The zero-order valence-corrected chi connectivity index (χ0v) is 14.3. The molecule has 0 amide bonds. The highest BCUT2D eigenvalue weighted by Gasteiger charge is 2.71. The van der Waals surface area contributed by atoms with Gasteiger partial charge in [0.05, 0.1) is 0 Å². The van der Waals surface area contributed by atoms with Crippen LogP contribution >= 0.6 is 11.3 Å². The van der Waals surface area contributed by atoms with Crippen molar-refractivity contribution >= 4 is 11.3 Å². The van der Waals surface area contributed by atoms with Crippen LogP contribution in [0.5, 0.6) is 0 Å². The Labute approximate surface area is 154 Å². The van der Waals surface area contributed by atoms with Gasteiger partial charge in [-0.2, -0.15) is 26.3 Å². The zero-order chi connectivity index (χ0) is 19.9. The smallest absolute Gasteiger partial charge is 0.369 e. The van der Waals surface area contributed by atoms with Gasteiger partial charge in [0.1, 0.15) is 0 Å². The number of hydrogen-bond donors (Lipinski definition) is 1. The van der Waals surface area contributed by atoms with Gasteiger partial charge in [-0.25, -0.2) is 0 Å². The monoisotopic (exact) mass is 402 g/mol. The molecule has 0 aliphatic carbocycles. The van der Waals surface area contributed by atoms with E-state index in [-0.39, 0.29) is 0 Å². The summed E-state index contributed by atoms with van der Waals surface area (Å²) in [6, 6.07) is 14.4. The average molecular weight is 402 g/mol. The minimum Gasteiger partial charge on any atom is -0.369 e. The van der Waals surface area contributed by atoms with E-state index in [1.165, 1.54) is 11.3 Å². The van der Waals surface area contributed by atoms with E-state index >= 15 is 0 Å². The standard InChI is InChI=1S/C19H12F6OS/c20-18(21,22)17(26,19(23,24)25)13-9-7-12(8-10-13)14-4-1-2-5-15(14)16-6-3-11-27-16/h1-11,26H. The molecule has 1 aromatic heterocycles. The fourth-order valence-electron chi connectivity index (χ4n) is 2.76. The Kier molecular flexibility index (Phi) is 4.81. The van der Waals surface area contributed by atoms with Crippen LogP contribution in [0.2, 0.25) is 0 Å². The first-order valence-corrected chi connectivity index (χ1v) is 8.53. The van der Waals surface area contributed by atoms with Crippen LogP contribution in [-0.4, -0.2) is 17.5 Å². The molecule has 1 nitrogen and oxygen atoms in total. The molecule has 0 saturated carbocycles. The van der Waals surface area contributed by atoms with Crippen LogP contribution in [0.3, 0.4) is 0 Å². The minimum absolute atomic E-state index is 0.439. The van der Waals surface area contributed by atoms with Crippen molar-refractivity contribution in [2.75, 3.05) is 0 Å². The summed E-state index contributed by atoms with van der Waals surface area (Å²) in [6.45, 7) is 0. The topological polar surface area (TPSA) is 20.2 Å². The Balaban J connectivity index is 2.07. The van der Waals surface area contributed by atoms with Crippen LogP contribution in [0.15, 0.2) is 66.0 Å². The van der Waals surface area contributed by atoms with Gasteiger partial charge >= 0.3 is 12.4 Å². The fraction of sp³-hybridized carbons (Fsp3) is 0.158. The third-order valence-electron chi connectivity index (χ3n) is 4.15. The van der Waals surface area contributed by atoms with E-state index in [0.717, 1.165) is 22.6 Å². The fourth-order valence-corrected chi connectivity index (χ4v) is 3.53. The molecule has 27 heavy (non-hydrogen) atoms. The van der Waals surface area contributed by atoms with Gasteiger partial charge in [0.25, 0.3) is 5.60 Å². The molecule has 0 aliphatic heterocycles. The lowest BCUT2D eigenvalue weighted by atomic mass is 9.90. The van der Waals surface area contributed by atoms with Crippen LogP contribution in [0.25, 0.3) is 21.6 Å². The van der Waals surface area contributed by atoms with Gasteiger partial charge in [-0.3, -0.25) is 0 Å². The van der Waals surface area contributed by atoms with E-state index in [2.05, 4.69) is 0 Å². The highest BCUT2D eigenvalue weighted by molar-refractivity contribution is 7.13. The number of benzene rings is 2. The summed E-state index contributed by atoms with van der Waals surface area (Å²) in [4.78, 5) is 0.914. The van der Waals surface area contributed by atoms with Gasteiger partial charge in [-0.15, -0.1) is 11.3 Å². The molecule has 0 spiro atoms. The first-order chi connectivity index (χ1) is 12.6. The molecule has 0 aliphatic rings. The van der Waals surface area contributed by atoms with Gasteiger partial charge in [0, 0.05) is 10.4 Å². The summed E-state index contributed by atoms with van der Waals surface area (Å²) in [5, 5.41) is 11.3. The second-order valence-corrected chi connectivity index (χ2v) is 6.75. The Morgan fingerprint density at radius 1 is 0.667 bits per heavy atom. The summed E-state index contributed by atoms with van der Waals surface area (Å²) in [7, 11) is 0. The predicted octanol–water partition coefficient (Wildman–Crippen LogP) is 6.39. The van der Waals surface area contributed by atoms with Crippen LogP contribution in [-0.2, 0) is 5.60 Å². The van der Waals surface area contributed by atoms with Crippen molar-refractivity contribution in [3.8, 4) is 21.6 Å². The molecule has 0 saturated heterocycles. The SMILES string of the molecule is OC(c1ccc(-c2ccccc2-c2cccs2)cc1)(C(F)(F)F)C(F)(F)F. The Hall–Kier alpha value is -2.32. The molecule has 1 heterocycles. The quantitative estimate of drug-likeness (QED) is 0.503. The van der Waals surface area contributed by atoms with E-state index in [1.807, 2.05) is 23.6 Å². The molecule has 8 heteroatoms. The van der Waals surface area contributed by atoms with Crippen molar-refractivity contribution in [3.05, 3.63) is 71.6 Å². The van der Waals surface area contributed by atoms with Gasteiger partial charge < -0.3 is 5.11 Å². The third-order valence-corrected chi connectivity index (χ3v) is 5.05. The van der Waals surface area contributed by atoms with Crippen molar-refractivity contribution in [1.29, 1.82) is 0 Å². The predicted molar refractivity (Wildman–Crippen MR) is 91.2 cm³/mol. The summed E-state index contributed by atoms with van der Waals surface area (Å²) in [6.07, 6.45) is -11.8. The maximum absolute atomic E-state index is 13.0. The molecule has 0 bridgehead atoms. The van der Waals surface area contributed by atoms with E-state index in [1.54, 1.807) is 18.2 Å². The lowest BCUT2D eigenvalue weighted by molar-refractivity contribution is -0.376. The van der Waals surface area contributed by atoms with E-state index in [0.29, 0.717) is 23.3 Å². The number of halogens is 6. The molecule has 0 fully saturated rings. The van der Waals surface area contributed by atoms with Gasteiger partial charge in [-0.05, 0) is 28.1 Å². The molecule has 0 radical (unpaired) electrons. The number of rotatable bonds is 3. The number of aliphatic hydroxyl groups is 1. The summed E-state index contributed by atoms with van der Waals surface area (Å²) >= 11 is 1.46. The van der Waals surface area contributed by atoms with Gasteiger partial charge in [0.2, 0.25) is 0 Å². The van der Waals surface area contributed by atoms with Crippen LogP contribution in [0, 0.1) is 0 Å². The van der Waals surface area contributed by atoms with Crippen molar-refractivity contribution < 1.29 is 31.4 Å². The highest BCUT2D eigenvalue weighted by Crippen LogP contribution is 2.50. The van der Waals surface area contributed by atoms with Crippen molar-refractivity contribution in [1.82, 2.24) is 0 Å². The summed E-state index contributed by atoms with van der Waals surface area (Å²) in [5.74, 6) is 0. The maximum atomic E-state index is 13.0. The lowest BCUT2D eigenvalue weighted by Crippen LogP contribution is -2.53. The first kappa shape index (κ1) is 19.4. The van der Waals surface area contributed by atoms with Crippen LogP contribution < -0.4 is 0 Å². The second-order valence-electron chi connectivity index (χ2n) is 5.81. The molecule has 3 aromatic rings. The Morgan fingerprint density at radius 3 is 1.70 bits per heavy atom. The normalized spacial score (nSPS) is 13.0.